The van der Waals surface area contributed by atoms with Crippen LogP contribution in [0.5, 0.6) is 0 Å². The number of benzene rings is 1. The van der Waals surface area contributed by atoms with E-state index in [0.717, 1.165) is 38.0 Å². The first-order valence-corrected chi connectivity index (χ1v) is 7.51. The van der Waals surface area contributed by atoms with Crippen molar-refractivity contribution in [1.82, 2.24) is 10.2 Å². The summed E-state index contributed by atoms with van der Waals surface area (Å²) in [7, 11) is 0. The Kier molecular flexibility index (Phi) is 10.4. The molecule has 1 aromatic rings. The van der Waals surface area contributed by atoms with Crippen molar-refractivity contribution in [3.63, 3.8) is 0 Å². The lowest BCUT2D eigenvalue weighted by atomic mass is 10.0. The Bertz CT molecular complexity index is 423. The molecule has 1 saturated heterocycles. The molecule has 1 atom stereocenters. The number of carbonyl (C=O) groups excluding carboxylic acids is 1. The molecule has 3 N–H and O–H groups in total. The number of nitrogens with two attached hydrogens (primary N) is 1. The van der Waals surface area contributed by atoms with Crippen molar-refractivity contribution < 1.29 is 4.79 Å². The second-order valence-corrected chi connectivity index (χ2v) is 5.50. The molecular weight excluding hydrogens is 321 g/mol. The van der Waals surface area contributed by atoms with Crippen LogP contribution in [0.2, 0.25) is 0 Å². The fourth-order valence-corrected chi connectivity index (χ4v) is 2.70. The predicted octanol–water partition coefficient (Wildman–Crippen LogP) is 2.52. The van der Waals surface area contributed by atoms with Crippen LogP contribution in [0.4, 0.5) is 0 Å². The molecule has 0 aromatic heterocycles. The molecule has 0 aliphatic carbocycles. The molecule has 0 spiro atoms. The highest BCUT2D eigenvalue weighted by atomic mass is 35.5. The smallest absolute Gasteiger partial charge is 0.222 e. The molecular formula is C16H27Cl2N3O. The van der Waals surface area contributed by atoms with Gasteiger partial charge in [-0.05, 0) is 24.9 Å². The first kappa shape index (κ1) is 21.2. The van der Waals surface area contributed by atoms with Crippen molar-refractivity contribution in [3.05, 3.63) is 35.9 Å². The zero-order chi connectivity index (χ0) is 14.4. The van der Waals surface area contributed by atoms with Crippen LogP contribution >= 0.6 is 24.8 Å². The van der Waals surface area contributed by atoms with E-state index in [1.165, 1.54) is 0 Å². The van der Waals surface area contributed by atoms with Crippen LogP contribution in [0.3, 0.4) is 0 Å². The summed E-state index contributed by atoms with van der Waals surface area (Å²) in [6.45, 7) is 5.43. The summed E-state index contributed by atoms with van der Waals surface area (Å²) in [4.78, 5) is 14.5. The number of hydrogen-bond acceptors (Lipinski definition) is 3. The summed E-state index contributed by atoms with van der Waals surface area (Å²) in [5, 5.41) is 3.12. The molecule has 6 heteroatoms. The third-order valence-electron chi connectivity index (χ3n) is 4.03. The Morgan fingerprint density at radius 1 is 1.27 bits per heavy atom. The Morgan fingerprint density at radius 3 is 2.41 bits per heavy atom. The third-order valence-corrected chi connectivity index (χ3v) is 4.03. The van der Waals surface area contributed by atoms with Crippen LogP contribution < -0.4 is 11.1 Å². The first-order valence-electron chi connectivity index (χ1n) is 7.51. The molecule has 2 rings (SSSR count). The van der Waals surface area contributed by atoms with Crippen molar-refractivity contribution in [1.29, 1.82) is 0 Å². The van der Waals surface area contributed by atoms with E-state index in [1.807, 2.05) is 30.3 Å². The molecule has 1 aliphatic heterocycles. The number of likely N-dealkylation sites (tertiary alicyclic amines) is 1. The summed E-state index contributed by atoms with van der Waals surface area (Å²) in [6, 6.07) is 9.90. The van der Waals surface area contributed by atoms with Crippen LogP contribution in [0.15, 0.2) is 30.3 Å². The van der Waals surface area contributed by atoms with E-state index in [-0.39, 0.29) is 36.8 Å². The SMILES string of the molecule is CCN1CCC(NC(=O)CC(N)c2ccccc2)CC1.Cl.Cl. The largest absolute Gasteiger partial charge is 0.353 e. The fourth-order valence-electron chi connectivity index (χ4n) is 2.70. The number of hydrogen-bond donors (Lipinski definition) is 2. The minimum Gasteiger partial charge on any atom is -0.353 e. The van der Waals surface area contributed by atoms with Crippen molar-refractivity contribution in [2.24, 2.45) is 5.73 Å². The van der Waals surface area contributed by atoms with Gasteiger partial charge in [-0.3, -0.25) is 4.79 Å². The Balaban J connectivity index is 0.00000220. The van der Waals surface area contributed by atoms with Crippen LogP contribution in [0.1, 0.15) is 37.8 Å². The highest BCUT2D eigenvalue weighted by Gasteiger charge is 2.20. The van der Waals surface area contributed by atoms with Crippen LogP contribution in [-0.4, -0.2) is 36.5 Å². The van der Waals surface area contributed by atoms with Gasteiger partial charge in [0.2, 0.25) is 5.91 Å². The minimum atomic E-state index is -0.216. The number of nitrogens with one attached hydrogen (secondary N) is 1. The van der Waals surface area contributed by atoms with Gasteiger partial charge in [0.1, 0.15) is 0 Å². The van der Waals surface area contributed by atoms with Gasteiger partial charge in [-0.15, -0.1) is 24.8 Å². The summed E-state index contributed by atoms with van der Waals surface area (Å²) < 4.78 is 0. The van der Waals surface area contributed by atoms with Crippen molar-refractivity contribution in [2.45, 2.75) is 38.3 Å². The van der Waals surface area contributed by atoms with E-state index < -0.39 is 0 Å². The van der Waals surface area contributed by atoms with Gasteiger partial charge in [0, 0.05) is 31.6 Å². The minimum absolute atomic E-state index is 0. The second kappa shape index (κ2) is 10.8. The molecule has 1 fully saturated rings. The average Bonchev–Trinajstić information content (AvgIpc) is 2.49. The maximum Gasteiger partial charge on any atom is 0.222 e. The van der Waals surface area contributed by atoms with Crippen molar-refractivity contribution in [3.8, 4) is 0 Å². The molecule has 0 saturated carbocycles. The van der Waals surface area contributed by atoms with E-state index in [2.05, 4.69) is 17.1 Å². The summed E-state index contributed by atoms with van der Waals surface area (Å²) in [6.07, 6.45) is 2.44. The predicted molar refractivity (Wildman–Crippen MR) is 95.8 cm³/mol. The van der Waals surface area contributed by atoms with E-state index in [9.17, 15) is 4.79 Å². The number of piperidine rings is 1. The lowest BCUT2D eigenvalue weighted by molar-refractivity contribution is -0.122. The van der Waals surface area contributed by atoms with Crippen LogP contribution in [-0.2, 0) is 4.79 Å². The van der Waals surface area contributed by atoms with Gasteiger partial charge in [0.15, 0.2) is 0 Å². The second-order valence-electron chi connectivity index (χ2n) is 5.50. The first-order chi connectivity index (χ1) is 9.69. The molecule has 1 amide bonds. The van der Waals surface area contributed by atoms with Crippen LogP contribution in [0, 0.1) is 0 Å². The van der Waals surface area contributed by atoms with Gasteiger partial charge in [-0.2, -0.15) is 0 Å². The highest BCUT2D eigenvalue weighted by Crippen LogP contribution is 2.14. The highest BCUT2D eigenvalue weighted by molar-refractivity contribution is 5.85. The topological polar surface area (TPSA) is 58.4 Å². The molecule has 0 radical (unpaired) electrons. The Hall–Kier alpha value is -0.810. The van der Waals surface area contributed by atoms with Gasteiger partial charge in [-0.25, -0.2) is 0 Å². The van der Waals surface area contributed by atoms with E-state index in [4.69, 9.17) is 5.73 Å². The van der Waals surface area contributed by atoms with Gasteiger partial charge in [0.05, 0.1) is 0 Å². The summed E-state index contributed by atoms with van der Waals surface area (Å²) in [5.41, 5.74) is 7.09. The summed E-state index contributed by atoms with van der Waals surface area (Å²) >= 11 is 0. The molecule has 4 nitrogen and oxygen atoms in total. The molecule has 1 heterocycles. The van der Waals surface area contributed by atoms with Gasteiger partial charge < -0.3 is 16.0 Å². The number of carbonyl (C=O) groups is 1. The average molecular weight is 348 g/mol. The molecule has 1 aromatic carbocycles. The maximum absolute atomic E-state index is 12.0. The van der Waals surface area contributed by atoms with Gasteiger partial charge in [0.25, 0.3) is 0 Å². The monoisotopic (exact) mass is 347 g/mol. The number of nitrogens with zero attached hydrogens (tertiary/aromatic N) is 1. The van der Waals surface area contributed by atoms with Gasteiger partial charge in [-0.1, -0.05) is 37.3 Å². The van der Waals surface area contributed by atoms with Gasteiger partial charge >= 0.3 is 0 Å². The standard InChI is InChI=1S/C16H25N3O.2ClH/c1-2-19-10-8-14(9-11-19)18-16(20)12-15(17)13-6-4-3-5-7-13;;/h3-7,14-15H,2,8-12,17H2,1H3,(H,18,20);2*1H. The lowest BCUT2D eigenvalue weighted by Gasteiger charge is -2.31. The third kappa shape index (κ3) is 6.53. The normalized spacial score (nSPS) is 17.0. The number of rotatable bonds is 5. The molecule has 126 valence electrons. The summed E-state index contributed by atoms with van der Waals surface area (Å²) in [5.74, 6) is 0.0660. The van der Waals surface area contributed by atoms with Crippen molar-refractivity contribution in [2.75, 3.05) is 19.6 Å². The Morgan fingerprint density at radius 2 is 1.86 bits per heavy atom. The zero-order valence-corrected chi connectivity index (χ0v) is 14.7. The number of halogens is 2. The zero-order valence-electron chi connectivity index (χ0n) is 13.0. The molecule has 1 aliphatic rings. The van der Waals surface area contributed by atoms with Crippen molar-refractivity contribution >= 4 is 30.7 Å². The lowest BCUT2D eigenvalue weighted by Crippen LogP contribution is -2.45. The number of amides is 1. The van der Waals surface area contributed by atoms with E-state index in [0.29, 0.717) is 12.5 Å². The molecule has 1 unspecified atom stereocenters. The fraction of sp³-hybridized carbons (Fsp3) is 0.562. The maximum atomic E-state index is 12.0. The molecule has 22 heavy (non-hydrogen) atoms. The quantitative estimate of drug-likeness (QED) is 0.860. The molecule has 0 bridgehead atoms. The van der Waals surface area contributed by atoms with E-state index >= 15 is 0 Å². The Labute approximate surface area is 145 Å². The van der Waals surface area contributed by atoms with E-state index in [1.54, 1.807) is 0 Å². The van der Waals surface area contributed by atoms with Crippen LogP contribution in [0.25, 0.3) is 0 Å².